The van der Waals surface area contributed by atoms with Gasteiger partial charge in [-0.15, -0.1) is 0 Å². The maximum Gasteiger partial charge on any atom is 0.221 e. The van der Waals surface area contributed by atoms with E-state index in [-0.39, 0.29) is 5.91 Å². The second-order valence-corrected chi connectivity index (χ2v) is 6.56. The van der Waals surface area contributed by atoms with Gasteiger partial charge >= 0.3 is 0 Å². The van der Waals surface area contributed by atoms with Crippen molar-refractivity contribution in [2.75, 3.05) is 25.0 Å². The van der Waals surface area contributed by atoms with E-state index >= 15 is 0 Å². The van der Waals surface area contributed by atoms with E-state index in [1.54, 1.807) is 0 Å². The smallest absolute Gasteiger partial charge is 0.221 e. The molecule has 126 valence electrons. The number of benzene rings is 2. The number of halogens is 1. The van der Waals surface area contributed by atoms with Crippen molar-refractivity contribution in [3.05, 3.63) is 64.7 Å². The van der Waals surface area contributed by atoms with Gasteiger partial charge in [0.2, 0.25) is 5.91 Å². The van der Waals surface area contributed by atoms with Gasteiger partial charge in [0.15, 0.2) is 0 Å². The SMILES string of the molecule is CC(=O)Nc1cccc(CN2CCNCC2c2cccc(Cl)c2)c1. The molecule has 0 radical (unpaired) electrons. The van der Waals surface area contributed by atoms with Crippen molar-refractivity contribution in [3.8, 4) is 0 Å². The Morgan fingerprint density at radius 2 is 2.12 bits per heavy atom. The minimum Gasteiger partial charge on any atom is -0.326 e. The fourth-order valence-corrected chi connectivity index (χ4v) is 3.36. The Labute approximate surface area is 147 Å². The molecule has 2 aromatic carbocycles. The van der Waals surface area contributed by atoms with Gasteiger partial charge in [-0.3, -0.25) is 9.69 Å². The van der Waals surface area contributed by atoms with Gasteiger partial charge in [0, 0.05) is 49.9 Å². The number of hydrogen-bond acceptors (Lipinski definition) is 3. The summed E-state index contributed by atoms with van der Waals surface area (Å²) in [5, 5.41) is 7.08. The van der Waals surface area contributed by atoms with Crippen LogP contribution < -0.4 is 10.6 Å². The maximum absolute atomic E-state index is 11.2. The number of nitrogens with zero attached hydrogens (tertiary/aromatic N) is 1. The van der Waals surface area contributed by atoms with Crippen LogP contribution in [0.25, 0.3) is 0 Å². The zero-order chi connectivity index (χ0) is 16.9. The van der Waals surface area contributed by atoms with E-state index in [0.29, 0.717) is 6.04 Å². The van der Waals surface area contributed by atoms with Crippen LogP contribution in [0.15, 0.2) is 48.5 Å². The van der Waals surface area contributed by atoms with Gasteiger partial charge in [0.1, 0.15) is 0 Å². The van der Waals surface area contributed by atoms with E-state index < -0.39 is 0 Å². The lowest BCUT2D eigenvalue weighted by Gasteiger charge is -2.36. The molecule has 0 saturated carbocycles. The first kappa shape index (κ1) is 17.0. The lowest BCUT2D eigenvalue weighted by atomic mass is 10.0. The molecule has 1 atom stereocenters. The Morgan fingerprint density at radius 1 is 1.29 bits per heavy atom. The highest BCUT2D eigenvalue weighted by Crippen LogP contribution is 2.26. The summed E-state index contributed by atoms with van der Waals surface area (Å²) in [5.41, 5.74) is 3.26. The molecular formula is C19H22ClN3O. The van der Waals surface area contributed by atoms with Crippen LogP contribution >= 0.6 is 11.6 Å². The van der Waals surface area contributed by atoms with E-state index in [9.17, 15) is 4.79 Å². The molecule has 0 aliphatic carbocycles. The molecule has 0 bridgehead atoms. The van der Waals surface area contributed by atoms with Crippen molar-refractivity contribution >= 4 is 23.2 Å². The minimum absolute atomic E-state index is 0.0499. The molecule has 2 N–H and O–H groups in total. The molecule has 5 heteroatoms. The zero-order valence-corrected chi connectivity index (χ0v) is 14.5. The fraction of sp³-hybridized carbons (Fsp3) is 0.316. The van der Waals surface area contributed by atoms with E-state index in [4.69, 9.17) is 11.6 Å². The van der Waals surface area contributed by atoms with Crippen molar-refractivity contribution < 1.29 is 4.79 Å². The van der Waals surface area contributed by atoms with Crippen molar-refractivity contribution in [3.63, 3.8) is 0 Å². The minimum atomic E-state index is -0.0499. The van der Waals surface area contributed by atoms with Crippen molar-refractivity contribution in [1.82, 2.24) is 10.2 Å². The second kappa shape index (κ2) is 7.79. The first-order chi connectivity index (χ1) is 11.6. The summed E-state index contributed by atoms with van der Waals surface area (Å²) in [5.74, 6) is -0.0499. The first-order valence-electron chi connectivity index (χ1n) is 8.18. The van der Waals surface area contributed by atoms with Crippen LogP contribution in [-0.2, 0) is 11.3 Å². The van der Waals surface area contributed by atoms with Gasteiger partial charge in [0.05, 0.1) is 0 Å². The van der Waals surface area contributed by atoms with Gasteiger partial charge in [-0.1, -0.05) is 35.9 Å². The summed E-state index contributed by atoms with van der Waals surface area (Å²) in [6.07, 6.45) is 0. The van der Waals surface area contributed by atoms with Crippen LogP contribution in [0.2, 0.25) is 5.02 Å². The number of anilines is 1. The van der Waals surface area contributed by atoms with E-state index in [0.717, 1.165) is 36.9 Å². The standard InChI is InChI=1S/C19H22ClN3O/c1-14(24)22-18-7-2-4-15(10-18)13-23-9-8-21-12-19(23)16-5-3-6-17(20)11-16/h2-7,10-11,19,21H,8-9,12-13H2,1H3,(H,22,24). The third kappa shape index (κ3) is 4.35. The average molecular weight is 344 g/mol. The van der Waals surface area contributed by atoms with Gasteiger partial charge in [0.25, 0.3) is 0 Å². The molecule has 1 saturated heterocycles. The fourth-order valence-electron chi connectivity index (χ4n) is 3.16. The summed E-state index contributed by atoms with van der Waals surface area (Å²) in [4.78, 5) is 13.7. The Morgan fingerprint density at radius 3 is 2.92 bits per heavy atom. The molecule has 24 heavy (non-hydrogen) atoms. The van der Waals surface area contributed by atoms with Crippen molar-refractivity contribution in [2.24, 2.45) is 0 Å². The molecule has 1 amide bonds. The summed E-state index contributed by atoms with van der Waals surface area (Å²) < 4.78 is 0. The largest absolute Gasteiger partial charge is 0.326 e. The van der Waals surface area contributed by atoms with Crippen LogP contribution in [0.4, 0.5) is 5.69 Å². The molecule has 3 rings (SSSR count). The van der Waals surface area contributed by atoms with Gasteiger partial charge in [-0.2, -0.15) is 0 Å². The lowest BCUT2D eigenvalue weighted by molar-refractivity contribution is -0.114. The molecule has 1 unspecified atom stereocenters. The van der Waals surface area contributed by atoms with Crippen LogP contribution in [0.5, 0.6) is 0 Å². The van der Waals surface area contributed by atoms with E-state index in [1.165, 1.54) is 18.1 Å². The first-order valence-corrected chi connectivity index (χ1v) is 8.56. The number of amides is 1. The van der Waals surface area contributed by atoms with Gasteiger partial charge in [-0.25, -0.2) is 0 Å². The molecule has 4 nitrogen and oxygen atoms in total. The van der Waals surface area contributed by atoms with Crippen LogP contribution in [0.3, 0.4) is 0 Å². The molecule has 1 fully saturated rings. The zero-order valence-electron chi connectivity index (χ0n) is 13.8. The Kier molecular flexibility index (Phi) is 5.51. The van der Waals surface area contributed by atoms with Crippen molar-refractivity contribution in [2.45, 2.75) is 19.5 Å². The Balaban J connectivity index is 1.78. The normalized spacial score (nSPS) is 18.3. The summed E-state index contributed by atoms with van der Waals surface area (Å²) >= 11 is 6.16. The molecule has 0 aromatic heterocycles. The third-order valence-electron chi connectivity index (χ3n) is 4.22. The second-order valence-electron chi connectivity index (χ2n) is 6.13. The number of nitrogens with one attached hydrogen (secondary N) is 2. The highest BCUT2D eigenvalue weighted by atomic mass is 35.5. The summed E-state index contributed by atoms with van der Waals surface area (Å²) in [7, 11) is 0. The van der Waals surface area contributed by atoms with E-state index in [2.05, 4.69) is 27.7 Å². The molecule has 1 aliphatic heterocycles. The van der Waals surface area contributed by atoms with Crippen LogP contribution in [-0.4, -0.2) is 30.4 Å². The van der Waals surface area contributed by atoms with Gasteiger partial charge in [-0.05, 0) is 35.4 Å². The number of carbonyl (C=O) groups is 1. The third-order valence-corrected chi connectivity index (χ3v) is 4.46. The van der Waals surface area contributed by atoms with Crippen molar-refractivity contribution in [1.29, 1.82) is 0 Å². The van der Waals surface area contributed by atoms with E-state index in [1.807, 2.05) is 36.4 Å². The quantitative estimate of drug-likeness (QED) is 0.893. The molecule has 2 aromatic rings. The number of rotatable bonds is 4. The maximum atomic E-state index is 11.2. The molecule has 1 aliphatic rings. The lowest BCUT2D eigenvalue weighted by Crippen LogP contribution is -2.45. The highest BCUT2D eigenvalue weighted by molar-refractivity contribution is 6.30. The number of carbonyl (C=O) groups excluding carboxylic acids is 1. The topological polar surface area (TPSA) is 44.4 Å². The summed E-state index contributed by atoms with van der Waals surface area (Å²) in [6.45, 7) is 5.22. The van der Waals surface area contributed by atoms with Gasteiger partial charge < -0.3 is 10.6 Å². The highest BCUT2D eigenvalue weighted by Gasteiger charge is 2.24. The predicted molar refractivity (Wildman–Crippen MR) is 98.2 cm³/mol. The number of hydrogen-bond donors (Lipinski definition) is 2. The molecular weight excluding hydrogens is 322 g/mol. The Hall–Kier alpha value is -1.88. The predicted octanol–water partition coefficient (Wildman–Crippen LogP) is 3.44. The molecule has 0 spiro atoms. The van der Waals surface area contributed by atoms with Crippen LogP contribution in [0, 0.1) is 0 Å². The van der Waals surface area contributed by atoms with Crippen LogP contribution in [0.1, 0.15) is 24.1 Å². The number of piperazine rings is 1. The Bertz CT molecular complexity index is 719. The molecule has 1 heterocycles. The monoisotopic (exact) mass is 343 g/mol. The average Bonchev–Trinajstić information content (AvgIpc) is 2.55. The summed E-state index contributed by atoms with van der Waals surface area (Å²) in [6, 6.07) is 16.4.